The third-order valence-corrected chi connectivity index (χ3v) is 2.72. The quantitative estimate of drug-likeness (QED) is 0.664. The first kappa shape index (κ1) is 13.1. The van der Waals surface area contributed by atoms with E-state index in [9.17, 15) is 14.7 Å². The molecular formula is C13H12O6. The molecular weight excluding hydrogens is 252 g/mol. The maximum atomic E-state index is 11.5. The molecule has 0 saturated heterocycles. The number of phenolic OH excluding ortho intramolecular Hbond substituents is 1. The van der Waals surface area contributed by atoms with Crippen molar-refractivity contribution in [2.24, 2.45) is 0 Å². The van der Waals surface area contributed by atoms with Gasteiger partial charge in [-0.05, 0) is 5.56 Å². The number of hydrogen-bond acceptors (Lipinski definition) is 6. The highest BCUT2D eigenvalue weighted by atomic mass is 16.5. The number of methoxy groups -OCH3 is 2. The van der Waals surface area contributed by atoms with E-state index in [0.717, 1.165) is 0 Å². The minimum absolute atomic E-state index is 0.00796. The molecule has 0 spiro atoms. The molecule has 1 heterocycles. The fourth-order valence-electron chi connectivity index (χ4n) is 1.94. The lowest BCUT2D eigenvalue weighted by Crippen LogP contribution is -2.04. The first-order chi connectivity index (χ1) is 9.12. The van der Waals surface area contributed by atoms with E-state index >= 15 is 0 Å². The summed E-state index contributed by atoms with van der Waals surface area (Å²) < 4.78 is 15.2. The first-order valence-electron chi connectivity index (χ1n) is 5.43. The van der Waals surface area contributed by atoms with Crippen molar-refractivity contribution in [3.8, 4) is 11.5 Å². The van der Waals surface area contributed by atoms with Gasteiger partial charge in [0.05, 0.1) is 24.7 Å². The van der Waals surface area contributed by atoms with Crippen molar-refractivity contribution in [2.75, 3.05) is 14.2 Å². The molecule has 0 aliphatic carbocycles. The van der Waals surface area contributed by atoms with E-state index < -0.39 is 5.63 Å². The fourth-order valence-corrected chi connectivity index (χ4v) is 1.94. The second-order valence-corrected chi connectivity index (χ2v) is 3.86. The lowest BCUT2D eigenvalue weighted by molar-refractivity contribution is 0.112. The smallest absolute Gasteiger partial charge is 0.336 e. The number of phenols is 1. The summed E-state index contributed by atoms with van der Waals surface area (Å²) in [5, 5.41) is 10.2. The largest absolute Gasteiger partial charge is 0.507 e. The van der Waals surface area contributed by atoms with Crippen LogP contribution in [0.25, 0.3) is 11.0 Å². The van der Waals surface area contributed by atoms with Crippen LogP contribution in [-0.4, -0.2) is 25.6 Å². The summed E-state index contributed by atoms with van der Waals surface area (Å²) in [6.45, 7) is 0.154. The summed E-state index contributed by atoms with van der Waals surface area (Å²) in [6.07, 6.45) is 0.427. The molecule has 100 valence electrons. The summed E-state index contributed by atoms with van der Waals surface area (Å²) in [5.74, 6) is -0.00836. The molecule has 19 heavy (non-hydrogen) atoms. The van der Waals surface area contributed by atoms with E-state index in [1.807, 2.05) is 0 Å². The van der Waals surface area contributed by atoms with Crippen LogP contribution in [0.15, 0.2) is 21.3 Å². The Morgan fingerprint density at radius 2 is 2.11 bits per heavy atom. The summed E-state index contributed by atoms with van der Waals surface area (Å²) in [4.78, 5) is 22.5. The second-order valence-electron chi connectivity index (χ2n) is 3.86. The minimum atomic E-state index is -0.629. The van der Waals surface area contributed by atoms with Crippen molar-refractivity contribution in [3.05, 3.63) is 33.7 Å². The van der Waals surface area contributed by atoms with E-state index in [0.29, 0.717) is 23.0 Å². The molecule has 0 amide bonds. The Hall–Kier alpha value is -2.34. The Balaban J connectivity index is 2.97. The lowest BCUT2D eigenvalue weighted by Gasteiger charge is -2.11. The molecule has 0 fully saturated rings. The Morgan fingerprint density at radius 3 is 2.68 bits per heavy atom. The van der Waals surface area contributed by atoms with E-state index in [-0.39, 0.29) is 23.5 Å². The number of rotatable bonds is 4. The van der Waals surface area contributed by atoms with Crippen LogP contribution < -0.4 is 10.4 Å². The molecule has 6 heteroatoms. The molecule has 0 unspecified atom stereocenters. The van der Waals surface area contributed by atoms with Gasteiger partial charge in [0.15, 0.2) is 11.9 Å². The summed E-state index contributed by atoms with van der Waals surface area (Å²) >= 11 is 0. The fraction of sp³-hybridized carbons (Fsp3) is 0.231. The van der Waals surface area contributed by atoms with Crippen molar-refractivity contribution in [1.82, 2.24) is 0 Å². The zero-order valence-electron chi connectivity index (χ0n) is 10.4. The normalized spacial score (nSPS) is 10.6. The van der Waals surface area contributed by atoms with Crippen LogP contribution in [0.1, 0.15) is 15.9 Å². The van der Waals surface area contributed by atoms with Gasteiger partial charge in [0.1, 0.15) is 11.5 Å². The van der Waals surface area contributed by atoms with Crippen LogP contribution in [0.3, 0.4) is 0 Å². The Morgan fingerprint density at radius 1 is 1.37 bits per heavy atom. The molecule has 1 N–H and O–H groups in total. The average Bonchev–Trinajstić information content (AvgIpc) is 2.37. The van der Waals surface area contributed by atoms with Crippen LogP contribution in [0.5, 0.6) is 11.5 Å². The molecule has 1 aromatic heterocycles. The predicted octanol–water partition coefficient (Wildman–Crippen LogP) is 1.47. The van der Waals surface area contributed by atoms with Gasteiger partial charge in [0, 0.05) is 19.2 Å². The van der Waals surface area contributed by atoms with Gasteiger partial charge in [-0.1, -0.05) is 0 Å². The molecule has 0 bridgehead atoms. The SMILES string of the molecule is COCc1cc(=O)oc2c(C=O)c(O)cc(OC)c12. The zero-order chi connectivity index (χ0) is 14.0. The van der Waals surface area contributed by atoms with E-state index in [1.54, 1.807) is 0 Å². The lowest BCUT2D eigenvalue weighted by atomic mass is 10.1. The second kappa shape index (κ2) is 5.11. The minimum Gasteiger partial charge on any atom is -0.507 e. The van der Waals surface area contributed by atoms with E-state index in [2.05, 4.69) is 0 Å². The highest BCUT2D eigenvalue weighted by Gasteiger charge is 2.18. The third kappa shape index (κ3) is 2.17. The number of carbonyl (C=O) groups excluding carboxylic acids is 1. The van der Waals surface area contributed by atoms with E-state index in [1.165, 1.54) is 26.4 Å². The number of ether oxygens (including phenoxy) is 2. The van der Waals surface area contributed by atoms with Gasteiger partial charge in [-0.2, -0.15) is 0 Å². The highest BCUT2D eigenvalue weighted by molar-refractivity contribution is 6.01. The molecule has 1 aromatic carbocycles. The molecule has 0 atom stereocenters. The van der Waals surface area contributed by atoms with Crippen LogP contribution in [-0.2, 0) is 11.3 Å². The van der Waals surface area contributed by atoms with Gasteiger partial charge in [-0.15, -0.1) is 0 Å². The van der Waals surface area contributed by atoms with Gasteiger partial charge < -0.3 is 19.0 Å². The average molecular weight is 264 g/mol. The topological polar surface area (TPSA) is 86.0 Å². The van der Waals surface area contributed by atoms with E-state index in [4.69, 9.17) is 13.9 Å². The number of benzene rings is 1. The van der Waals surface area contributed by atoms with Gasteiger partial charge in [0.2, 0.25) is 0 Å². The van der Waals surface area contributed by atoms with Crippen molar-refractivity contribution < 1.29 is 23.8 Å². The summed E-state index contributed by atoms with van der Waals surface area (Å²) in [5.41, 5.74) is -0.207. The van der Waals surface area contributed by atoms with Crippen molar-refractivity contribution in [3.63, 3.8) is 0 Å². The van der Waals surface area contributed by atoms with Crippen LogP contribution in [0, 0.1) is 0 Å². The van der Waals surface area contributed by atoms with Gasteiger partial charge >= 0.3 is 5.63 Å². The predicted molar refractivity (Wildman–Crippen MR) is 66.8 cm³/mol. The molecule has 2 rings (SSSR count). The maximum absolute atomic E-state index is 11.5. The van der Waals surface area contributed by atoms with Gasteiger partial charge in [-0.25, -0.2) is 4.79 Å². The van der Waals surface area contributed by atoms with Crippen LogP contribution in [0.4, 0.5) is 0 Å². The molecule has 0 aliphatic rings. The molecule has 0 aliphatic heterocycles. The van der Waals surface area contributed by atoms with Crippen LogP contribution in [0.2, 0.25) is 0 Å². The standard InChI is InChI=1S/C13H12O6/c1-17-6-7-3-11(16)19-13-8(5-14)9(15)4-10(18-2)12(7)13/h3-5,15H,6H2,1-2H3. The number of aromatic hydroxyl groups is 1. The molecule has 6 nitrogen and oxygen atoms in total. The number of fused-ring (bicyclic) bond motifs is 1. The zero-order valence-corrected chi connectivity index (χ0v) is 10.4. The molecule has 2 aromatic rings. The molecule has 0 saturated carbocycles. The number of carbonyl (C=O) groups is 1. The first-order valence-corrected chi connectivity index (χ1v) is 5.43. The van der Waals surface area contributed by atoms with Crippen LogP contribution >= 0.6 is 0 Å². The Labute approximate surface area is 108 Å². The maximum Gasteiger partial charge on any atom is 0.336 e. The summed E-state index contributed by atoms with van der Waals surface area (Å²) in [6, 6.07) is 2.56. The van der Waals surface area contributed by atoms with Crippen molar-refractivity contribution >= 4 is 17.3 Å². The number of aldehydes is 1. The Bertz CT molecular complexity index is 686. The monoisotopic (exact) mass is 264 g/mol. The van der Waals surface area contributed by atoms with Crippen molar-refractivity contribution in [1.29, 1.82) is 0 Å². The molecule has 0 radical (unpaired) electrons. The number of hydrogen-bond donors (Lipinski definition) is 1. The highest BCUT2D eigenvalue weighted by Crippen LogP contribution is 2.35. The summed E-state index contributed by atoms with van der Waals surface area (Å²) in [7, 11) is 2.89. The van der Waals surface area contributed by atoms with Gasteiger partial charge in [-0.3, -0.25) is 4.79 Å². The Kier molecular flexibility index (Phi) is 3.52. The van der Waals surface area contributed by atoms with Gasteiger partial charge in [0.25, 0.3) is 0 Å². The third-order valence-electron chi connectivity index (χ3n) is 2.72. The van der Waals surface area contributed by atoms with Crippen molar-refractivity contribution in [2.45, 2.75) is 6.61 Å².